The first kappa shape index (κ1) is 17.5. The Morgan fingerprint density at radius 2 is 1.88 bits per heavy atom. The van der Waals surface area contributed by atoms with Gasteiger partial charge in [0.1, 0.15) is 6.33 Å². The summed E-state index contributed by atoms with van der Waals surface area (Å²) in [6, 6.07) is 10.7. The van der Waals surface area contributed by atoms with Crippen molar-refractivity contribution in [3.8, 4) is 0 Å². The normalized spacial score (nSPS) is 23.1. The minimum Gasteiger partial charge on any atom is -0.376 e. The Bertz CT molecular complexity index is 641. The predicted octanol–water partition coefficient (Wildman–Crippen LogP) is 1.22. The molecular formula is C19H28N6O. The number of hydrogen-bond donors (Lipinski definition) is 1. The molecule has 0 radical (unpaired) electrons. The summed E-state index contributed by atoms with van der Waals surface area (Å²) in [4.78, 5) is 11.6. The first-order valence-corrected chi connectivity index (χ1v) is 9.57. The molecule has 2 aliphatic heterocycles. The van der Waals surface area contributed by atoms with E-state index >= 15 is 0 Å². The van der Waals surface area contributed by atoms with Crippen LogP contribution in [0.5, 0.6) is 0 Å². The fraction of sp³-hybridized carbons (Fsp3) is 0.579. The van der Waals surface area contributed by atoms with Gasteiger partial charge in [0.2, 0.25) is 5.95 Å². The zero-order chi connectivity index (χ0) is 17.6. The summed E-state index contributed by atoms with van der Waals surface area (Å²) in [6.45, 7) is 9.06. The number of nitrogens with zero attached hydrogens (tertiary/aromatic N) is 5. The maximum atomic E-state index is 6.15. The van der Waals surface area contributed by atoms with Crippen molar-refractivity contribution >= 4 is 5.95 Å². The number of ether oxygens (including phenoxy) is 1. The second kappa shape index (κ2) is 8.62. The van der Waals surface area contributed by atoms with E-state index in [0.717, 1.165) is 71.3 Å². The van der Waals surface area contributed by atoms with Gasteiger partial charge in [-0.3, -0.25) is 9.80 Å². The highest BCUT2D eigenvalue weighted by atomic mass is 16.5. The molecule has 0 saturated carbocycles. The third kappa shape index (κ3) is 4.60. The first-order valence-electron chi connectivity index (χ1n) is 9.57. The van der Waals surface area contributed by atoms with Gasteiger partial charge < -0.3 is 9.64 Å². The van der Waals surface area contributed by atoms with Crippen molar-refractivity contribution in [1.29, 1.82) is 0 Å². The molecule has 7 heteroatoms. The Balaban J connectivity index is 1.27. The molecule has 1 N–H and O–H groups in total. The lowest BCUT2D eigenvalue weighted by molar-refractivity contribution is 0.0245. The molecule has 2 aromatic rings. The van der Waals surface area contributed by atoms with E-state index in [-0.39, 0.29) is 6.10 Å². The van der Waals surface area contributed by atoms with Gasteiger partial charge in [0.25, 0.3) is 0 Å². The van der Waals surface area contributed by atoms with Crippen LogP contribution in [0.15, 0.2) is 36.7 Å². The van der Waals surface area contributed by atoms with Crippen LogP contribution in [0.3, 0.4) is 0 Å². The maximum absolute atomic E-state index is 6.15. The number of benzene rings is 1. The van der Waals surface area contributed by atoms with Crippen molar-refractivity contribution in [2.24, 2.45) is 0 Å². The van der Waals surface area contributed by atoms with Crippen LogP contribution >= 0.6 is 0 Å². The van der Waals surface area contributed by atoms with Crippen LogP contribution in [-0.2, 0) is 11.3 Å². The fourth-order valence-electron chi connectivity index (χ4n) is 3.85. The van der Waals surface area contributed by atoms with Crippen molar-refractivity contribution in [1.82, 2.24) is 25.0 Å². The average molecular weight is 356 g/mol. The Morgan fingerprint density at radius 3 is 2.65 bits per heavy atom. The minimum absolute atomic E-state index is 0.290. The number of nitrogens with one attached hydrogen (secondary N) is 1. The monoisotopic (exact) mass is 356 g/mol. The standard InChI is InChI=1S/C19H28N6O/c1-2-5-17(6-3-1)13-24-7-4-12-26-18(15-24)14-23-8-10-25(11-9-23)19-20-16-21-22-19/h1-3,5-6,16,18H,4,7-15H2,(H,20,21,22)/t18-/m0/s1. The molecule has 26 heavy (non-hydrogen) atoms. The average Bonchev–Trinajstić information content (AvgIpc) is 3.12. The lowest BCUT2D eigenvalue weighted by Gasteiger charge is -2.36. The van der Waals surface area contributed by atoms with E-state index in [0.29, 0.717) is 0 Å². The fourth-order valence-corrected chi connectivity index (χ4v) is 3.85. The van der Waals surface area contributed by atoms with Crippen molar-refractivity contribution in [3.05, 3.63) is 42.2 Å². The Hall–Kier alpha value is -1.96. The van der Waals surface area contributed by atoms with Gasteiger partial charge in [-0.1, -0.05) is 30.3 Å². The predicted molar refractivity (Wildman–Crippen MR) is 101 cm³/mol. The van der Waals surface area contributed by atoms with Gasteiger partial charge in [0.15, 0.2) is 0 Å². The molecular weight excluding hydrogens is 328 g/mol. The van der Waals surface area contributed by atoms with E-state index in [2.05, 4.69) is 60.2 Å². The summed E-state index contributed by atoms with van der Waals surface area (Å²) in [7, 11) is 0. The van der Waals surface area contributed by atoms with Gasteiger partial charge in [-0.25, -0.2) is 5.10 Å². The van der Waals surface area contributed by atoms with E-state index in [1.165, 1.54) is 5.56 Å². The number of aromatic amines is 1. The quantitative estimate of drug-likeness (QED) is 0.869. The Kier molecular flexibility index (Phi) is 5.78. The van der Waals surface area contributed by atoms with Crippen LogP contribution in [0.2, 0.25) is 0 Å². The zero-order valence-electron chi connectivity index (χ0n) is 15.3. The van der Waals surface area contributed by atoms with Crippen LogP contribution in [0.25, 0.3) is 0 Å². The van der Waals surface area contributed by atoms with Crippen LogP contribution in [0.1, 0.15) is 12.0 Å². The second-order valence-corrected chi connectivity index (χ2v) is 7.16. The summed E-state index contributed by atoms with van der Waals surface area (Å²) in [5, 5.41) is 6.90. The number of hydrogen-bond acceptors (Lipinski definition) is 6. The van der Waals surface area contributed by atoms with Crippen LogP contribution in [-0.4, -0.2) is 83.5 Å². The molecule has 2 fully saturated rings. The van der Waals surface area contributed by atoms with Crippen molar-refractivity contribution < 1.29 is 4.74 Å². The summed E-state index contributed by atoms with van der Waals surface area (Å²) >= 11 is 0. The summed E-state index contributed by atoms with van der Waals surface area (Å²) in [6.07, 6.45) is 2.98. The molecule has 0 bridgehead atoms. The highest BCUT2D eigenvalue weighted by Crippen LogP contribution is 2.14. The summed E-state index contributed by atoms with van der Waals surface area (Å²) in [5.74, 6) is 0.879. The Morgan fingerprint density at radius 1 is 1.04 bits per heavy atom. The topological polar surface area (TPSA) is 60.5 Å². The lowest BCUT2D eigenvalue weighted by Crippen LogP contribution is -2.50. The molecule has 0 unspecified atom stereocenters. The largest absolute Gasteiger partial charge is 0.376 e. The molecule has 4 rings (SSSR count). The van der Waals surface area contributed by atoms with Gasteiger partial charge in [-0.2, -0.15) is 10.1 Å². The van der Waals surface area contributed by atoms with Gasteiger partial charge >= 0.3 is 0 Å². The van der Waals surface area contributed by atoms with Crippen LogP contribution in [0.4, 0.5) is 5.95 Å². The van der Waals surface area contributed by atoms with E-state index in [9.17, 15) is 0 Å². The van der Waals surface area contributed by atoms with Crippen molar-refractivity contribution in [2.75, 3.05) is 57.3 Å². The van der Waals surface area contributed by atoms with Gasteiger partial charge in [-0.05, 0) is 12.0 Å². The van der Waals surface area contributed by atoms with E-state index in [1.807, 2.05) is 0 Å². The molecule has 0 aliphatic carbocycles. The van der Waals surface area contributed by atoms with E-state index in [4.69, 9.17) is 4.74 Å². The number of piperazine rings is 1. The third-order valence-electron chi connectivity index (χ3n) is 5.22. The van der Waals surface area contributed by atoms with Crippen LogP contribution in [0, 0.1) is 0 Å². The van der Waals surface area contributed by atoms with Gasteiger partial charge in [0, 0.05) is 59.0 Å². The molecule has 1 atom stereocenters. The molecule has 7 nitrogen and oxygen atoms in total. The maximum Gasteiger partial charge on any atom is 0.221 e. The number of anilines is 1. The summed E-state index contributed by atoms with van der Waals surface area (Å²) in [5.41, 5.74) is 1.38. The molecule has 3 heterocycles. The highest BCUT2D eigenvalue weighted by molar-refractivity contribution is 5.27. The molecule has 2 aliphatic rings. The molecule has 2 saturated heterocycles. The molecule has 140 valence electrons. The number of H-pyrrole nitrogens is 1. The smallest absolute Gasteiger partial charge is 0.221 e. The van der Waals surface area contributed by atoms with Gasteiger partial charge in [-0.15, -0.1) is 0 Å². The van der Waals surface area contributed by atoms with Crippen LogP contribution < -0.4 is 4.90 Å². The van der Waals surface area contributed by atoms with Crippen molar-refractivity contribution in [2.45, 2.75) is 19.1 Å². The first-order chi connectivity index (χ1) is 12.9. The van der Waals surface area contributed by atoms with E-state index < -0.39 is 0 Å². The second-order valence-electron chi connectivity index (χ2n) is 7.16. The Labute approximate surface area is 155 Å². The lowest BCUT2D eigenvalue weighted by atomic mass is 10.2. The summed E-state index contributed by atoms with van der Waals surface area (Å²) < 4.78 is 6.15. The highest BCUT2D eigenvalue weighted by Gasteiger charge is 2.24. The molecule has 1 aromatic carbocycles. The minimum atomic E-state index is 0.290. The van der Waals surface area contributed by atoms with Crippen molar-refractivity contribution in [3.63, 3.8) is 0 Å². The molecule has 1 aromatic heterocycles. The number of aromatic nitrogens is 3. The number of rotatable bonds is 5. The third-order valence-corrected chi connectivity index (χ3v) is 5.22. The van der Waals surface area contributed by atoms with E-state index in [1.54, 1.807) is 6.33 Å². The molecule has 0 amide bonds. The van der Waals surface area contributed by atoms with Gasteiger partial charge in [0.05, 0.1) is 6.10 Å². The zero-order valence-corrected chi connectivity index (χ0v) is 15.3. The SMILES string of the molecule is c1ccc(CN2CCCO[C@@H](CN3CCN(c4ncn[nH]4)CC3)C2)cc1. The molecule has 0 spiro atoms.